The maximum Gasteiger partial charge on any atom is 0.119 e. The van der Waals surface area contributed by atoms with Gasteiger partial charge in [0.25, 0.3) is 0 Å². The highest BCUT2D eigenvalue weighted by Crippen LogP contribution is 2.25. The van der Waals surface area contributed by atoms with E-state index in [9.17, 15) is 0 Å². The molecule has 1 atom stereocenters. The van der Waals surface area contributed by atoms with Gasteiger partial charge in [-0.25, -0.2) is 0 Å². The zero-order chi connectivity index (χ0) is 11.2. The van der Waals surface area contributed by atoms with Crippen LogP contribution in [0.15, 0.2) is 24.3 Å². The van der Waals surface area contributed by atoms with Crippen molar-refractivity contribution in [3.8, 4) is 5.75 Å². The highest BCUT2D eigenvalue weighted by molar-refractivity contribution is 5.31. The highest BCUT2D eigenvalue weighted by Gasteiger charge is 2.16. The van der Waals surface area contributed by atoms with Gasteiger partial charge < -0.3 is 15.2 Å². The van der Waals surface area contributed by atoms with E-state index in [1.165, 1.54) is 12.0 Å². The molecule has 0 radical (unpaired) electrons. The van der Waals surface area contributed by atoms with E-state index in [0.717, 1.165) is 18.8 Å². The number of benzene rings is 1. The summed E-state index contributed by atoms with van der Waals surface area (Å²) in [5.74, 6) is 1.54. The number of ether oxygens (including phenoxy) is 1. The normalized spacial score (nSPS) is 19.9. The van der Waals surface area contributed by atoms with Gasteiger partial charge in [0, 0.05) is 19.6 Å². The second-order valence-electron chi connectivity index (χ2n) is 4.19. The van der Waals surface area contributed by atoms with Crippen molar-refractivity contribution in [1.82, 2.24) is 5.32 Å². The topological polar surface area (TPSA) is 41.5 Å². The Bertz CT molecular complexity index is 321. The van der Waals surface area contributed by atoms with Crippen LogP contribution in [0.2, 0.25) is 0 Å². The third-order valence-electron chi connectivity index (χ3n) is 2.96. The van der Waals surface area contributed by atoms with Crippen molar-refractivity contribution < 1.29 is 9.84 Å². The van der Waals surface area contributed by atoms with Gasteiger partial charge in [-0.2, -0.15) is 0 Å². The lowest BCUT2D eigenvalue weighted by molar-refractivity contribution is 0.233. The van der Waals surface area contributed by atoms with Gasteiger partial charge in [-0.15, -0.1) is 0 Å². The number of aliphatic hydroxyl groups is 1. The molecule has 3 nitrogen and oxygen atoms in total. The third kappa shape index (κ3) is 2.97. The molecule has 1 aromatic rings. The van der Waals surface area contributed by atoms with Gasteiger partial charge >= 0.3 is 0 Å². The van der Waals surface area contributed by atoms with E-state index in [1.807, 2.05) is 12.1 Å². The number of aliphatic hydroxyl groups excluding tert-OH is 1. The Morgan fingerprint density at radius 2 is 2.38 bits per heavy atom. The summed E-state index contributed by atoms with van der Waals surface area (Å²) in [4.78, 5) is 0. The Balaban J connectivity index is 1.95. The van der Waals surface area contributed by atoms with E-state index < -0.39 is 0 Å². The molecule has 1 aliphatic rings. The molecule has 1 aromatic carbocycles. The molecule has 1 aliphatic heterocycles. The average molecular weight is 221 g/mol. The lowest BCUT2D eigenvalue weighted by atomic mass is 9.98. The molecule has 0 saturated carbocycles. The Morgan fingerprint density at radius 1 is 1.44 bits per heavy atom. The Kier molecular flexibility index (Phi) is 4.19. The molecular weight excluding hydrogens is 202 g/mol. The first-order valence-corrected chi connectivity index (χ1v) is 5.94. The lowest BCUT2D eigenvalue weighted by Crippen LogP contribution is -2.08. The van der Waals surface area contributed by atoms with E-state index in [2.05, 4.69) is 17.4 Å². The van der Waals surface area contributed by atoms with E-state index in [4.69, 9.17) is 9.84 Å². The molecule has 1 saturated heterocycles. The van der Waals surface area contributed by atoms with Crippen molar-refractivity contribution in [2.45, 2.75) is 18.8 Å². The number of hydrogen-bond donors (Lipinski definition) is 2. The van der Waals surface area contributed by atoms with Crippen molar-refractivity contribution in [2.24, 2.45) is 0 Å². The predicted molar refractivity (Wildman–Crippen MR) is 63.9 cm³/mol. The summed E-state index contributed by atoms with van der Waals surface area (Å²) < 4.78 is 5.57. The first-order chi connectivity index (χ1) is 7.90. The quantitative estimate of drug-likeness (QED) is 0.741. The van der Waals surface area contributed by atoms with Crippen LogP contribution in [0.1, 0.15) is 24.3 Å². The average Bonchev–Trinajstić information content (AvgIpc) is 2.83. The maximum atomic E-state index is 8.68. The highest BCUT2D eigenvalue weighted by atomic mass is 16.5. The van der Waals surface area contributed by atoms with Crippen LogP contribution in [-0.2, 0) is 0 Å². The first kappa shape index (κ1) is 11.4. The van der Waals surface area contributed by atoms with Gasteiger partial charge in [-0.1, -0.05) is 12.1 Å². The zero-order valence-electron chi connectivity index (χ0n) is 9.48. The summed E-state index contributed by atoms with van der Waals surface area (Å²) in [6.45, 7) is 2.95. The molecule has 2 N–H and O–H groups in total. The molecule has 1 unspecified atom stereocenters. The smallest absolute Gasteiger partial charge is 0.119 e. The fraction of sp³-hybridized carbons (Fsp3) is 0.538. The van der Waals surface area contributed by atoms with Crippen molar-refractivity contribution >= 4 is 0 Å². The minimum absolute atomic E-state index is 0.187. The van der Waals surface area contributed by atoms with Crippen molar-refractivity contribution in [1.29, 1.82) is 0 Å². The summed E-state index contributed by atoms with van der Waals surface area (Å²) >= 11 is 0. The SMILES string of the molecule is OCCCOc1cccc(C2CCNC2)c1. The molecule has 2 rings (SSSR count). The van der Waals surface area contributed by atoms with E-state index in [-0.39, 0.29) is 6.61 Å². The third-order valence-corrected chi connectivity index (χ3v) is 2.96. The van der Waals surface area contributed by atoms with E-state index >= 15 is 0 Å². The summed E-state index contributed by atoms with van der Waals surface area (Å²) in [7, 11) is 0. The van der Waals surface area contributed by atoms with Gasteiger partial charge in [0.05, 0.1) is 6.61 Å². The first-order valence-electron chi connectivity index (χ1n) is 5.94. The number of hydrogen-bond acceptors (Lipinski definition) is 3. The molecule has 1 fully saturated rings. The molecule has 0 aromatic heterocycles. The second-order valence-corrected chi connectivity index (χ2v) is 4.19. The molecular formula is C13H19NO2. The largest absolute Gasteiger partial charge is 0.493 e. The van der Waals surface area contributed by atoms with Gasteiger partial charge in [-0.05, 0) is 36.6 Å². The zero-order valence-corrected chi connectivity index (χ0v) is 9.48. The van der Waals surface area contributed by atoms with E-state index in [1.54, 1.807) is 0 Å². The molecule has 0 amide bonds. The lowest BCUT2D eigenvalue weighted by Gasteiger charge is -2.11. The molecule has 88 valence electrons. The van der Waals surface area contributed by atoms with Crippen LogP contribution in [0.4, 0.5) is 0 Å². The fourth-order valence-corrected chi connectivity index (χ4v) is 2.05. The molecule has 1 heterocycles. The van der Waals surface area contributed by atoms with E-state index in [0.29, 0.717) is 18.9 Å². The molecule has 16 heavy (non-hydrogen) atoms. The molecule has 0 spiro atoms. The minimum Gasteiger partial charge on any atom is -0.493 e. The molecule has 0 bridgehead atoms. The summed E-state index contributed by atoms with van der Waals surface area (Å²) in [5.41, 5.74) is 1.35. The number of rotatable bonds is 5. The monoisotopic (exact) mass is 221 g/mol. The van der Waals surface area contributed by atoms with Crippen molar-refractivity contribution in [3.63, 3.8) is 0 Å². The van der Waals surface area contributed by atoms with Gasteiger partial charge in [0.2, 0.25) is 0 Å². The molecule has 0 aliphatic carbocycles. The Morgan fingerprint density at radius 3 is 3.12 bits per heavy atom. The van der Waals surface area contributed by atoms with Gasteiger partial charge in [0.1, 0.15) is 5.75 Å². The van der Waals surface area contributed by atoms with Gasteiger partial charge in [-0.3, -0.25) is 0 Å². The van der Waals surface area contributed by atoms with Crippen LogP contribution in [0, 0.1) is 0 Å². The fourth-order valence-electron chi connectivity index (χ4n) is 2.05. The van der Waals surface area contributed by atoms with Crippen LogP contribution in [-0.4, -0.2) is 31.4 Å². The maximum absolute atomic E-state index is 8.68. The van der Waals surface area contributed by atoms with Crippen LogP contribution >= 0.6 is 0 Å². The van der Waals surface area contributed by atoms with Crippen LogP contribution in [0.25, 0.3) is 0 Å². The number of nitrogens with one attached hydrogen (secondary N) is 1. The predicted octanol–water partition coefficient (Wildman–Crippen LogP) is 1.52. The molecule has 3 heteroatoms. The van der Waals surface area contributed by atoms with Crippen LogP contribution in [0.3, 0.4) is 0 Å². The van der Waals surface area contributed by atoms with Gasteiger partial charge in [0.15, 0.2) is 0 Å². The Labute approximate surface area is 96.4 Å². The second kappa shape index (κ2) is 5.87. The van der Waals surface area contributed by atoms with Crippen LogP contribution < -0.4 is 10.1 Å². The minimum atomic E-state index is 0.187. The Hall–Kier alpha value is -1.06. The van der Waals surface area contributed by atoms with Crippen LogP contribution in [0.5, 0.6) is 5.75 Å². The summed E-state index contributed by atoms with van der Waals surface area (Å²) in [5, 5.41) is 12.1. The standard InChI is InChI=1S/C13H19NO2/c15-7-2-8-16-13-4-1-3-11(9-13)12-5-6-14-10-12/h1,3-4,9,12,14-15H,2,5-8,10H2. The summed E-state index contributed by atoms with van der Waals surface area (Å²) in [6, 6.07) is 8.30. The van der Waals surface area contributed by atoms with Crippen molar-refractivity contribution in [2.75, 3.05) is 26.3 Å². The van der Waals surface area contributed by atoms with Crippen molar-refractivity contribution in [3.05, 3.63) is 29.8 Å². The summed E-state index contributed by atoms with van der Waals surface area (Å²) in [6.07, 6.45) is 1.90.